The van der Waals surface area contributed by atoms with E-state index in [4.69, 9.17) is 5.73 Å². The second-order valence-electron chi connectivity index (χ2n) is 6.96. The van der Waals surface area contributed by atoms with E-state index in [9.17, 15) is 9.90 Å². The van der Waals surface area contributed by atoms with Gasteiger partial charge in [-0.15, -0.1) is 5.11 Å². The number of nitrogens with zero attached hydrogens (tertiary/aromatic N) is 3. The van der Waals surface area contributed by atoms with Crippen molar-refractivity contribution in [1.82, 2.24) is 5.01 Å². The smallest absolute Gasteiger partial charge is 0.238 e. The van der Waals surface area contributed by atoms with Crippen LogP contribution in [0.2, 0.25) is 0 Å². The summed E-state index contributed by atoms with van der Waals surface area (Å²) in [4.78, 5) is 11.3. The van der Waals surface area contributed by atoms with Crippen LogP contribution in [0, 0.1) is 0 Å². The third kappa shape index (κ3) is 4.86. The van der Waals surface area contributed by atoms with Crippen LogP contribution < -0.4 is 11.1 Å². The molecular weight excluding hydrogens is 354 g/mol. The first-order chi connectivity index (χ1) is 13.6. The summed E-state index contributed by atoms with van der Waals surface area (Å²) in [6, 6.07) is 13.2. The number of carbonyl (C=O) groups is 1. The lowest BCUT2D eigenvalue weighted by Gasteiger charge is -2.32. The molecule has 7 heteroatoms. The number of hydrogen-bond donors (Lipinski definition) is 3. The summed E-state index contributed by atoms with van der Waals surface area (Å²) in [5.74, 6) is 0.161. The van der Waals surface area contributed by atoms with Gasteiger partial charge in [-0.25, -0.2) is 0 Å². The predicted octanol–water partition coefficient (Wildman–Crippen LogP) is 3.56. The van der Waals surface area contributed by atoms with Gasteiger partial charge in [0, 0.05) is 12.2 Å². The number of hydrogen-bond acceptors (Lipinski definition) is 5. The highest BCUT2D eigenvalue weighted by Gasteiger charge is 2.25. The molecule has 0 fully saturated rings. The van der Waals surface area contributed by atoms with E-state index in [0.717, 1.165) is 43.5 Å². The summed E-state index contributed by atoms with van der Waals surface area (Å²) in [6.07, 6.45) is 3.62. The molecular formula is C21H27N5O2. The Morgan fingerprint density at radius 2 is 2.07 bits per heavy atom. The van der Waals surface area contributed by atoms with Crippen LogP contribution >= 0.6 is 0 Å². The second-order valence-corrected chi connectivity index (χ2v) is 6.96. The fraction of sp³-hybridized carbons (Fsp3) is 0.381. The van der Waals surface area contributed by atoms with Gasteiger partial charge in [-0.05, 0) is 67.1 Å². The minimum atomic E-state index is -0.230. The Bertz CT molecular complexity index is 835. The molecule has 0 aromatic heterocycles. The van der Waals surface area contributed by atoms with E-state index in [1.807, 2.05) is 18.2 Å². The average Bonchev–Trinajstić information content (AvgIpc) is 2.72. The number of nitrogens with one attached hydrogen (secondary N) is 1. The number of aromatic hydroxyl groups is 1. The number of benzene rings is 2. The predicted molar refractivity (Wildman–Crippen MR) is 110 cm³/mol. The van der Waals surface area contributed by atoms with E-state index < -0.39 is 0 Å². The topological polar surface area (TPSA) is 103 Å². The average molecular weight is 381 g/mol. The molecule has 1 amide bonds. The van der Waals surface area contributed by atoms with Crippen LogP contribution in [0.3, 0.4) is 0 Å². The minimum Gasteiger partial charge on any atom is -0.508 e. The number of phenols is 1. The molecule has 1 unspecified atom stereocenters. The fourth-order valence-corrected chi connectivity index (χ4v) is 3.48. The van der Waals surface area contributed by atoms with Crippen LogP contribution in [0.1, 0.15) is 30.9 Å². The number of fused-ring (bicyclic) bond motifs is 1. The summed E-state index contributed by atoms with van der Waals surface area (Å²) in [5.41, 5.74) is 8.96. The number of amides is 1. The molecule has 148 valence electrons. The highest BCUT2D eigenvalue weighted by atomic mass is 16.3. The van der Waals surface area contributed by atoms with Crippen molar-refractivity contribution >= 4 is 17.3 Å². The van der Waals surface area contributed by atoms with E-state index in [-0.39, 0.29) is 18.5 Å². The molecule has 2 aromatic carbocycles. The van der Waals surface area contributed by atoms with Crippen LogP contribution in [0.15, 0.2) is 52.8 Å². The molecule has 0 saturated heterocycles. The normalized spacial score (nSPS) is 16.0. The van der Waals surface area contributed by atoms with Crippen molar-refractivity contribution in [3.8, 4) is 5.75 Å². The number of rotatable bonds is 7. The molecule has 3 rings (SSSR count). The lowest BCUT2D eigenvalue weighted by molar-refractivity contribution is -0.114. The van der Waals surface area contributed by atoms with E-state index in [1.165, 1.54) is 5.56 Å². The largest absolute Gasteiger partial charge is 0.508 e. The maximum Gasteiger partial charge on any atom is 0.238 e. The lowest BCUT2D eigenvalue weighted by Crippen LogP contribution is -2.36. The maximum absolute atomic E-state index is 11.3. The number of carbonyl (C=O) groups excluding carboxylic acids is 1. The zero-order valence-electron chi connectivity index (χ0n) is 16.1. The quantitative estimate of drug-likeness (QED) is 0.504. The summed E-state index contributed by atoms with van der Waals surface area (Å²) < 4.78 is 0. The van der Waals surface area contributed by atoms with Crippen molar-refractivity contribution in [1.29, 1.82) is 0 Å². The monoisotopic (exact) mass is 381 g/mol. The Labute approximate surface area is 165 Å². The van der Waals surface area contributed by atoms with Gasteiger partial charge < -0.3 is 16.2 Å². The van der Waals surface area contributed by atoms with Gasteiger partial charge in [-0.3, -0.25) is 9.80 Å². The van der Waals surface area contributed by atoms with Crippen LogP contribution in [-0.2, 0) is 17.6 Å². The van der Waals surface area contributed by atoms with Gasteiger partial charge in [0.15, 0.2) is 0 Å². The van der Waals surface area contributed by atoms with Crippen molar-refractivity contribution in [3.63, 3.8) is 0 Å². The SMILES string of the molecule is CCCN(/N=N/c1ccc(NC(=O)CN)cc1)C1CCc2c(O)cccc2C1. The standard InChI is InChI=1S/C21H27N5O2/c1-2-12-26(18-10-11-19-15(13-18)4-3-5-20(19)27)25-24-17-8-6-16(7-9-17)23-21(28)14-22/h3-9,18,27H,2,10-14,22H2,1H3,(H,23,28)/b25-24+. The van der Waals surface area contributed by atoms with Gasteiger partial charge in [0.05, 0.1) is 18.3 Å². The third-order valence-electron chi connectivity index (χ3n) is 4.92. The molecule has 0 spiro atoms. The second kappa shape index (κ2) is 9.32. The summed E-state index contributed by atoms with van der Waals surface area (Å²) in [6.45, 7) is 2.91. The van der Waals surface area contributed by atoms with Crippen molar-refractivity contribution in [2.75, 3.05) is 18.4 Å². The van der Waals surface area contributed by atoms with E-state index in [2.05, 4.69) is 33.7 Å². The van der Waals surface area contributed by atoms with Crippen molar-refractivity contribution in [2.45, 2.75) is 38.6 Å². The first-order valence-corrected chi connectivity index (χ1v) is 9.68. The molecule has 0 heterocycles. The number of nitrogens with two attached hydrogens (primary N) is 1. The van der Waals surface area contributed by atoms with Crippen molar-refractivity contribution in [3.05, 3.63) is 53.6 Å². The van der Waals surface area contributed by atoms with E-state index >= 15 is 0 Å². The molecule has 4 N–H and O–H groups in total. The molecule has 0 saturated carbocycles. The van der Waals surface area contributed by atoms with Gasteiger partial charge >= 0.3 is 0 Å². The fourth-order valence-electron chi connectivity index (χ4n) is 3.48. The molecule has 7 nitrogen and oxygen atoms in total. The zero-order chi connectivity index (χ0) is 19.9. The van der Waals surface area contributed by atoms with Crippen LogP contribution in [0.5, 0.6) is 5.75 Å². The van der Waals surface area contributed by atoms with E-state index in [1.54, 1.807) is 18.2 Å². The summed E-state index contributed by atoms with van der Waals surface area (Å²) in [7, 11) is 0. The Morgan fingerprint density at radius 3 is 2.79 bits per heavy atom. The van der Waals surface area contributed by atoms with Gasteiger partial charge in [0.1, 0.15) is 5.75 Å². The molecule has 1 atom stereocenters. The Morgan fingerprint density at radius 1 is 1.29 bits per heavy atom. The molecule has 0 radical (unpaired) electrons. The van der Waals surface area contributed by atoms with Crippen LogP contribution in [-0.4, -0.2) is 35.2 Å². The van der Waals surface area contributed by atoms with Crippen LogP contribution in [0.4, 0.5) is 11.4 Å². The highest BCUT2D eigenvalue weighted by Crippen LogP contribution is 2.31. The minimum absolute atomic E-state index is 0.0459. The first kappa shape index (κ1) is 19.8. The number of anilines is 1. The molecule has 1 aliphatic carbocycles. The lowest BCUT2D eigenvalue weighted by atomic mass is 9.87. The first-order valence-electron chi connectivity index (χ1n) is 9.68. The number of phenolic OH excluding ortho intramolecular Hbond substituents is 1. The van der Waals surface area contributed by atoms with Crippen LogP contribution in [0.25, 0.3) is 0 Å². The summed E-state index contributed by atoms with van der Waals surface area (Å²) >= 11 is 0. The van der Waals surface area contributed by atoms with Crippen molar-refractivity contribution in [2.24, 2.45) is 16.1 Å². The molecule has 0 aliphatic heterocycles. The molecule has 1 aliphatic rings. The van der Waals surface area contributed by atoms with Gasteiger partial charge in [0.25, 0.3) is 0 Å². The van der Waals surface area contributed by atoms with E-state index in [0.29, 0.717) is 11.4 Å². The highest BCUT2D eigenvalue weighted by molar-refractivity contribution is 5.92. The molecule has 0 bridgehead atoms. The molecule has 2 aromatic rings. The third-order valence-corrected chi connectivity index (χ3v) is 4.92. The van der Waals surface area contributed by atoms with Gasteiger partial charge in [-0.2, -0.15) is 0 Å². The Kier molecular flexibility index (Phi) is 6.60. The molecule has 28 heavy (non-hydrogen) atoms. The Hall–Kier alpha value is -2.93. The Balaban J connectivity index is 1.68. The zero-order valence-corrected chi connectivity index (χ0v) is 16.1. The van der Waals surface area contributed by atoms with Gasteiger partial charge in [-0.1, -0.05) is 24.3 Å². The maximum atomic E-state index is 11.3. The van der Waals surface area contributed by atoms with Crippen molar-refractivity contribution < 1.29 is 9.90 Å². The summed E-state index contributed by atoms with van der Waals surface area (Å²) in [5, 5.41) is 23.7. The van der Waals surface area contributed by atoms with Gasteiger partial charge in [0.2, 0.25) is 5.91 Å².